The van der Waals surface area contributed by atoms with Crippen molar-refractivity contribution in [2.24, 2.45) is 0 Å². The van der Waals surface area contributed by atoms with Crippen LogP contribution in [0, 0.1) is 0 Å². The van der Waals surface area contributed by atoms with Crippen LogP contribution in [-0.4, -0.2) is 47.3 Å². The van der Waals surface area contributed by atoms with Gasteiger partial charge in [0.25, 0.3) is 11.8 Å². The summed E-state index contributed by atoms with van der Waals surface area (Å²) in [6.07, 6.45) is -3.30. The molecule has 3 aromatic rings. The molecule has 0 unspecified atom stereocenters. The summed E-state index contributed by atoms with van der Waals surface area (Å²) in [6.45, 7) is 1.90. The Morgan fingerprint density at radius 1 is 1.12 bits per heavy atom. The van der Waals surface area contributed by atoms with E-state index >= 15 is 0 Å². The predicted octanol–water partition coefficient (Wildman–Crippen LogP) is 3.79. The SMILES string of the molecule is COc1ccc(C(=O)Nc2cnn3c2C(=O)N(c2ccc(C(F)(F)F)c(OC)n2)C[C@@H]3C)cc1. The van der Waals surface area contributed by atoms with Gasteiger partial charge in [0.05, 0.1) is 32.1 Å². The summed E-state index contributed by atoms with van der Waals surface area (Å²) in [5.74, 6) is -1.11. The van der Waals surface area contributed by atoms with Gasteiger partial charge in [0.1, 0.15) is 17.1 Å². The molecule has 0 bridgehead atoms. The van der Waals surface area contributed by atoms with Gasteiger partial charge in [-0.2, -0.15) is 23.3 Å². The number of fused-ring (bicyclic) bond motifs is 1. The summed E-state index contributed by atoms with van der Waals surface area (Å²) in [6, 6.07) is 7.98. The van der Waals surface area contributed by atoms with Gasteiger partial charge in [-0.1, -0.05) is 0 Å². The molecule has 1 N–H and O–H groups in total. The first-order chi connectivity index (χ1) is 16.1. The average Bonchev–Trinajstić information content (AvgIpc) is 3.24. The maximum atomic E-state index is 13.3. The first kappa shape index (κ1) is 23.1. The van der Waals surface area contributed by atoms with E-state index in [1.165, 1.54) is 22.9 Å². The highest BCUT2D eigenvalue weighted by molar-refractivity contribution is 6.12. The first-order valence-corrected chi connectivity index (χ1v) is 10.1. The smallest absolute Gasteiger partial charge is 0.421 e. The molecule has 0 radical (unpaired) electrons. The molecule has 1 atom stereocenters. The molecule has 0 spiro atoms. The summed E-state index contributed by atoms with van der Waals surface area (Å²) >= 11 is 0. The van der Waals surface area contributed by atoms with Crippen LogP contribution in [0.3, 0.4) is 0 Å². The maximum absolute atomic E-state index is 13.3. The fraction of sp³-hybridized carbons (Fsp3) is 0.273. The molecule has 34 heavy (non-hydrogen) atoms. The minimum absolute atomic E-state index is 0.0124. The zero-order valence-electron chi connectivity index (χ0n) is 18.4. The molecule has 2 aromatic heterocycles. The number of carbonyl (C=O) groups is 2. The van der Waals surface area contributed by atoms with Gasteiger partial charge in [0, 0.05) is 12.1 Å². The van der Waals surface area contributed by atoms with Crippen LogP contribution in [0.15, 0.2) is 42.6 Å². The standard InChI is InChI=1S/C22H20F3N5O4/c1-12-11-29(17-9-8-15(22(23,24)25)20(28-17)34-3)21(32)18-16(10-26-30(12)18)27-19(31)13-4-6-14(33-2)7-5-13/h4-10,12H,11H2,1-3H3,(H,27,31)/t12-/m0/s1. The molecule has 1 aliphatic rings. The van der Waals surface area contributed by atoms with Crippen LogP contribution in [0.25, 0.3) is 0 Å². The fourth-order valence-electron chi connectivity index (χ4n) is 3.64. The van der Waals surface area contributed by atoms with Crippen LogP contribution in [0.4, 0.5) is 24.7 Å². The van der Waals surface area contributed by atoms with Crippen LogP contribution in [0.2, 0.25) is 0 Å². The zero-order valence-corrected chi connectivity index (χ0v) is 18.4. The molecule has 1 aliphatic heterocycles. The number of halogens is 3. The Hall–Kier alpha value is -4.09. The number of nitrogens with zero attached hydrogens (tertiary/aromatic N) is 4. The number of nitrogens with one attached hydrogen (secondary N) is 1. The summed E-state index contributed by atoms with van der Waals surface area (Å²) in [5, 5.41) is 6.89. The average molecular weight is 475 g/mol. The lowest BCUT2D eigenvalue weighted by molar-refractivity contribution is -0.139. The van der Waals surface area contributed by atoms with E-state index in [9.17, 15) is 22.8 Å². The summed E-state index contributed by atoms with van der Waals surface area (Å²) in [5.41, 5.74) is -0.459. The van der Waals surface area contributed by atoms with Gasteiger partial charge >= 0.3 is 6.18 Å². The number of ether oxygens (including phenoxy) is 2. The highest BCUT2D eigenvalue weighted by atomic mass is 19.4. The number of hydrogen-bond acceptors (Lipinski definition) is 6. The number of amides is 2. The van der Waals surface area contributed by atoms with E-state index in [2.05, 4.69) is 15.4 Å². The third-order valence-electron chi connectivity index (χ3n) is 5.33. The summed E-state index contributed by atoms with van der Waals surface area (Å²) in [4.78, 5) is 31.2. The molecule has 178 valence electrons. The van der Waals surface area contributed by atoms with Crippen molar-refractivity contribution in [3.63, 3.8) is 0 Å². The molecule has 1 aromatic carbocycles. The van der Waals surface area contributed by atoms with Crippen LogP contribution in [0.1, 0.15) is 39.4 Å². The Balaban J connectivity index is 1.65. The largest absolute Gasteiger partial charge is 0.497 e. The van der Waals surface area contributed by atoms with E-state index in [1.807, 2.05) is 0 Å². The number of pyridine rings is 1. The van der Waals surface area contributed by atoms with Gasteiger partial charge in [-0.15, -0.1) is 0 Å². The molecular formula is C22H20F3N5O4. The number of hydrogen-bond donors (Lipinski definition) is 1. The molecule has 0 saturated carbocycles. The van der Waals surface area contributed by atoms with Crippen molar-refractivity contribution in [3.8, 4) is 11.6 Å². The van der Waals surface area contributed by atoms with Gasteiger partial charge in [-0.3, -0.25) is 19.2 Å². The molecule has 2 amide bonds. The molecule has 9 nitrogen and oxygen atoms in total. The molecule has 12 heteroatoms. The Kier molecular flexibility index (Phi) is 5.90. The van der Waals surface area contributed by atoms with Crippen molar-refractivity contribution < 1.29 is 32.2 Å². The number of alkyl halides is 3. The predicted molar refractivity (Wildman–Crippen MR) is 115 cm³/mol. The van der Waals surface area contributed by atoms with E-state index in [4.69, 9.17) is 9.47 Å². The third kappa shape index (κ3) is 4.14. The Labute approximate surface area is 192 Å². The van der Waals surface area contributed by atoms with Gasteiger partial charge in [0.15, 0.2) is 5.69 Å². The molecule has 0 aliphatic carbocycles. The number of aromatic nitrogens is 3. The normalized spacial score (nSPS) is 15.6. The lowest BCUT2D eigenvalue weighted by Crippen LogP contribution is -2.43. The molecule has 0 fully saturated rings. The van der Waals surface area contributed by atoms with Crippen molar-refractivity contribution in [3.05, 3.63) is 59.4 Å². The third-order valence-corrected chi connectivity index (χ3v) is 5.33. The molecule has 0 saturated heterocycles. The van der Waals surface area contributed by atoms with Crippen molar-refractivity contribution in [1.29, 1.82) is 0 Å². The van der Waals surface area contributed by atoms with Gasteiger partial charge in [0.2, 0.25) is 5.88 Å². The minimum atomic E-state index is -4.66. The van der Waals surface area contributed by atoms with E-state index < -0.39 is 29.4 Å². The van der Waals surface area contributed by atoms with Gasteiger partial charge in [-0.25, -0.2) is 0 Å². The number of rotatable bonds is 5. The number of anilines is 2. The monoisotopic (exact) mass is 475 g/mol. The van der Waals surface area contributed by atoms with Crippen LogP contribution in [-0.2, 0) is 6.18 Å². The fourth-order valence-corrected chi connectivity index (χ4v) is 3.64. The Morgan fingerprint density at radius 3 is 2.44 bits per heavy atom. The van der Waals surface area contributed by atoms with Gasteiger partial charge in [-0.05, 0) is 43.3 Å². The lowest BCUT2D eigenvalue weighted by Gasteiger charge is -2.31. The minimum Gasteiger partial charge on any atom is -0.497 e. The lowest BCUT2D eigenvalue weighted by atomic mass is 10.1. The van der Waals surface area contributed by atoms with Crippen LogP contribution >= 0.6 is 0 Å². The Morgan fingerprint density at radius 2 is 1.82 bits per heavy atom. The zero-order chi connectivity index (χ0) is 24.6. The van der Waals surface area contributed by atoms with Gasteiger partial charge < -0.3 is 14.8 Å². The summed E-state index contributed by atoms with van der Waals surface area (Å²) in [7, 11) is 2.58. The van der Waals surface area contributed by atoms with Crippen LogP contribution in [0.5, 0.6) is 11.6 Å². The van der Waals surface area contributed by atoms with E-state index in [0.29, 0.717) is 11.3 Å². The second kappa shape index (κ2) is 8.69. The molecule has 4 rings (SSSR count). The van der Waals surface area contributed by atoms with E-state index in [-0.39, 0.29) is 29.8 Å². The van der Waals surface area contributed by atoms with E-state index in [0.717, 1.165) is 19.2 Å². The highest BCUT2D eigenvalue weighted by Gasteiger charge is 2.38. The topological polar surface area (TPSA) is 98.6 Å². The maximum Gasteiger partial charge on any atom is 0.421 e. The number of benzene rings is 1. The second-order valence-corrected chi connectivity index (χ2v) is 7.52. The molecular weight excluding hydrogens is 455 g/mol. The Bertz CT molecular complexity index is 1240. The first-order valence-electron chi connectivity index (χ1n) is 10.1. The van der Waals surface area contributed by atoms with Crippen molar-refractivity contribution in [2.45, 2.75) is 19.1 Å². The molecule has 3 heterocycles. The number of carbonyl (C=O) groups excluding carboxylic acids is 2. The second-order valence-electron chi connectivity index (χ2n) is 7.52. The van der Waals surface area contributed by atoms with Crippen LogP contribution < -0.4 is 19.7 Å². The van der Waals surface area contributed by atoms with Crippen molar-refractivity contribution in [1.82, 2.24) is 14.8 Å². The van der Waals surface area contributed by atoms with E-state index in [1.54, 1.807) is 31.2 Å². The highest BCUT2D eigenvalue weighted by Crippen LogP contribution is 2.37. The van der Waals surface area contributed by atoms with Crippen molar-refractivity contribution in [2.75, 3.05) is 31.0 Å². The van der Waals surface area contributed by atoms with Crippen molar-refractivity contribution >= 4 is 23.3 Å². The summed E-state index contributed by atoms with van der Waals surface area (Å²) < 4.78 is 51.0. The quantitative estimate of drug-likeness (QED) is 0.603. The number of methoxy groups -OCH3 is 2.